The van der Waals surface area contributed by atoms with Gasteiger partial charge in [0.1, 0.15) is 0 Å². The minimum absolute atomic E-state index is 0.398. The lowest BCUT2D eigenvalue weighted by Crippen LogP contribution is -2.46. The topological polar surface area (TPSA) is 55.8 Å². The second-order valence-electron chi connectivity index (χ2n) is 5.38. The van der Waals surface area contributed by atoms with Crippen molar-refractivity contribution in [3.05, 3.63) is 40.3 Å². The molecule has 0 saturated carbocycles. The number of hydrogen-bond acceptors (Lipinski definition) is 4. The van der Waals surface area contributed by atoms with Crippen LogP contribution in [0.1, 0.15) is 18.4 Å². The van der Waals surface area contributed by atoms with Crippen LogP contribution in [0.5, 0.6) is 0 Å². The van der Waals surface area contributed by atoms with Crippen molar-refractivity contribution >= 4 is 27.7 Å². The van der Waals surface area contributed by atoms with E-state index in [0.717, 1.165) is 0 Å². The standard InChI is InChI=1S/C15H18ClNO4S/c16-14-4-2-1-3-13(14)5-12-22(18,19)17-8-6-15(7-9-17)20-10-11-21-15/h1-5,12H,6-11H2. The molecule has 1 aromatic carbocycles. The zero-order valence-electron chi connectivity index (χ0n) is 12.1. The Morgan fingerprint density at radius 1 is 1.14 bits per heavy atom. The van der Waals surface area contributed by atoms with E-state index < -0.39 is 15.8 Å². The van der Waals surface area contributed by atoms with E-state index in [0.29, 0.717) is 49.7 Å². The van der Waals surface area contributed by atoms with E-state index in [1.54, 1.807) is 18.2 Å². The molecule has 2 aliphatic heterocycles. The molecule has 2 aliphatic rings. The molecule has 5 nitrogen and oxygen atoms in total. The van der Waals surface area contributed by atoms with Gasteiger partial charge in [0.05, 0.1) is 13.2 Å². The third-order valence-electron chi connectivity index (χ3n) is 3.98. The number of benzene rings is 1. The molecule has 2 fully saturated rings. The summed E-state index contributed by atoms with van der Waals surface area (Å²) in [6, 6.07) is 7.13. The third kappa shape index (κ3) is 3.36. The van der Waals surface area contributed by atoms with E-state index in [1.165, 1.54) is 15.8 Å². The summed E-state index contributed by atoms with van der Waals surface area (Å²) in [6.45, 7) is 1.96. The highest BCUT2D eigenvalue weighted by Crippen LogP contribution is 2.32. The van der Waals surface area contributed by atoms with Gasteiger partial charge < -0.3 is 9.47 Å². The van der Waals surface area contributed by atoms with Crippen LogP contribution in [-0.4, -0.2) is 44.8 Å². The molecular weight excluding hydrogens is 326 g/mol. The van der Waals surface area contributed by atoms with Crippen LogP contribution in [0.15, 0.2) is 29.7 Å². The Bertz CT molecular complexity index is 658. The minimum atomic E-state index is -3.46. The Labute approximate surface area is 135 Å². The van der Waals surface area contributed by atoms with Gasteiger partial charge >= 0.3 is 0 Å². The van der Waals surface area contributed by atoms with Crippen molar-refractivity contribution in [2.24, 2.45) is 0 Å². The first-order chi connectivity index (χ1) is 10.5. The lowest BCUT2D eigenvalue weighted by Gasteiger charge is -2.36. The SMILES string of the molecule is O=S(=O)(C=Cc1ccccc1Cl)N1CCC2(CC1)OCCO2. The highest BCUT2D eigenvalue weighted by Gasteiger charge is 2.41. The molecule has 0 atom stereocenters. The lowest BCUT2D eigenvalue weighted by molar-refractivity contribution is -0.179. The first-order valence-electron chi connectivity index (χ1n) is 7.22. The largest absolute Gasteiger partial charge is 0.347 e. The molecule has 2 saturated heterocycles. The highest BCUT2D eigenvalue weighted by molar-refractivity contribution is 7.92. The molecule has 2 heterocycles. The molecule has 0 unspecified atom stereocenters. The Morgan fingerprint density at radius 3 is 2.41 bits per heavy atom. The van der Waals surface area contributed by atoms with Crippen LogP contribution in [0.25, 0.3) is 6.08 Å². The van der Waals surface area contributed by atoms with Gasteiger partial charge in [-0.25, -0.2) is 8.42 Å². The van der Waals surface area contributed by atoms with Crippen molar-refractivity contribution in [2.45, 2.75) is 18.6 Å². The van der Waals surface area contributed by atoms with Gasteiger partial charge in [-0.15, -0.1) is 0 Å². The first kappa shape index (κ1) is 16.0. The molecule has 7 heteroatoms. The second-order valence-corrected chi connectivity index (χ2v) is 7.60. The maximum absolute atomic E-state index is 12.4. The first-order valence-corrected chi connectivity index (χ1v) is 9.10. The lowest BCUT2D eigenvalue weighted by atomic mass is 10.1. The van der Waals surface area contributed by atoms with E-state index in [2.05, 4.69) is 0 Å². The van der Waals surface area contributed by atoms with Gasteiger partial charge in [-0.3, -0.25) is 0 Å². The predicted molar refractivity (Wildman–Crippen MR) is 84.8 cm³/mol. The van der Waals surface area contributed by atoms with Crippen LogP contribution < -0.4 is 0 Å². The van der Waals surface area contributed by atoms with Crippen LogP contribution in [0, 0.1) is 0 Å². The smallest absolute Gasteiger partial charge is 0.236 e. The van der Waals surface area contributed by atoms with Crippen LogP contribution in [0.2, 0.25) is 5.02 Å². The molecule has 0 radical (unpaired) electrons. The summed E-state index contributed by atoms with van der Waals surface area (Å²) in [5.41, 5.74) is 0.684. The number of sulfonamides is 1. The van der Waals surface area contributed by atoms with Crippen molar-refractivity contribution in [3.63, 3.8) is 0 Å². The number of nitrogens with zero attached hydrogens (tertiary/aromatic N) is 1. The number of hydrogen-bond donors (Lipinski definition) is 0. The summed E-state index contributed by atoms with van der Waals surface area (Å²) in [5.74, 6) is -0.571. The summed E-state index contributed by atoms with van der Waals surface area (Å²) in [4.78, 5) is 0. The van der Waals surface area contributed by atoms with Gasteiger partial charge in [-0.05, 0) is 17.7 Å². The molecule has 22 heavy (non-hydrogen) atoms. The molecule has 1 spiro atoms. The normalized spacial score (nSPS) is 22.6. The molecular formula is C15H18ClNO4S. The zero-order valence-corrected chi connectivity index (χ0v) is 13.6. The Morgan fingerprint density at radius 2 is 1.77 bits per heavy atom. The number of halogens is 1. The maximum Gasteiger partial charge on any atom is 0.236 e. The van der Waals surface area contributed by atoms with Crippen molar-refractivity contribution in [1.29, 1.82) is 0 Å². The molecule has 1 aromatic rings. The second kappa shape index (κ2) is 6.29. The van der Waals surface area contributed by atoms with Crippen LogP contribution in [-0.2, 0) is 19.5 Å². The van der Waals surface area contributed by atoms with Gasteiger partial charge in [0, 0.05) is 36.4 Å². The van der Waals surface area contributed by atoms with E-state index >= 15 is 0 Å². The van der Waals surface area contributed by atoms with Gasteiger partial charge in [-0.2, -0.15) is 4.31 Å². The molecule has 120 valence electrons. The summed E-state index contributed by atoms with van der Waals surface area (Å²) in [7, 11) is -3.46. The molecule has 0 aromatic heterocycles. The van der Waals surface area contributed by atoms with Crippen molar-refractivity contribution in [2.75, 3.05) is 26.3 Å². The maximum atomic E-state index is 12.4. The van der Waals surface area contributed by atoms with Crippen molar-refractivity contribution < 1.29 is 17.9 Å². The monoisotopic (exact) mass is 343 g/mol. The van der Waals surface area contributed by atoms with Crippen molar-refractivity contribution in [3.8, 4) is 0 Å². The summed E-state index contributed by atoms with van der Waals surface area (Å²) >= 11 is 6.03. The fraction of sp³-hybridized carbons (Fsp3) is 0.467. The third-order valence-corrected chi connectivity index (χ3v) is 5.89. The van der Waals surface area contributed by atoms with E-state index in [1.807, 2.05) is 6.07 Å². The van der Waals surface area contributed by atoms with E-state index in [4.69, 9.17) is 21.1 Å². The van der Waals surface area contributed by atoms with Gasteiger partial charge in [0.2, 0.25) is 10.0 Å². The number of ether oxygens (including phenoxy) is 2. The Kier molecular flexibility index (Phi) is 4.56. The van der Waals surface area contributed by atoms with E-state index in [-0.39, 0.29) is 0 Å². The van der Waals surface area contributed by atoms with Gasteiger partial charge in [-0.1, -0.05) is 29.8 Å². The molecule has 0 amide bonds. The molecule has 0 bridgehead atoms. The van der Waals surface area contributed by atoms with Crippen LogP contribution in [0.3, 0.4) is 0 Å². The number of rotatable bonds is 3. The molecule has 3 rings (SSSR count). The Balaban J connectivity index is 1.68. The summed E-state index contributed by atoms with van der Waals surface area (Å²) in [5, 5.41) is 1.74. The van der Waals surface area contributed by atoms with E-state index in [9.17, 15) is 8.42 Å². The quantitative estimate of drug-likeness (QED) is 0.846. The number of piperidine rings is 1. The average molecular weight is 344 g/mol. The summed E-state index contributed by atoms with van der Waals surface area (Å²) in [6.07, 6.45) is 2.66. The molecule has 0 aliphatic carbocycles. The fourth-order valence-electron chi connectivity index (χ4n) is 2.72. The highest BCUT2D eigenvalue weighted by atomic mass is 35.5. The fourth-order valence-corrected chi connectivity index (χ4v) is 4.10. The van der Waals surface area contributed by atoms with Gasteiger partial charge in [0.15, 0.2) is 5.79 Å². The predicted octanol–water partition coefficient (Wildman–Crippen LogP) is 2.48. The molecule has 0 N–H and O–H groups in total. The minimum Gasteiger partial charge on any atom is -0.347 e. The van der Waals surface area contributed by atoms with Gasteiger partial charge in [0.25, 0.3) is 0 Å². The Hall–Kier alpha value is -0.920. The zero-order chi connectivity index (χ0) is 15.6. The summed E-state index contributed by atoms with van der Waals surface area (Å²) < 4.78 is 37.4. The average Bonchev–Trinajstić information content (AvgIpc) is 2.95. The van der Waals surface area contributed by atoms with Crippen LogP contribution >= 0.6 is 11.6 Å². The van der Waals surface area contributed by atoms with Crippen molar-refractivity contribution in [1.82, 2.24) is 4.31 Å². The van der Waals surface area contributed by atoms with Crippen LogP contribution in [0.4, 0.5) is 0 Å².